The number of carbonyl (C=O) groups is 1. The van der Waals surface area contributed by atoms with Crippen LogP contribution in [0.1, 0.15) is 19.8 Å². The van der Waals surface area contributed by atoms with E-state index in [4.69, 9.17) is 23.2 Å². The van der Waals surface area contributed by atoms with Crippen LogP contribution in [0.25, 0.3) is 0 Å². The fourth-order valence-corrected chi connectivity index (χ4v) is 2.57. The van der Waals surface area contributed by atoms with Gasteiger partial charge in [-0.1, -0.05) is 30.1 Å². The molecule has 2 rings (SSSR count). The van der Waals surface area contributed by atoms with E-state index in [0.717, 1.165) is 19.4 Å². The highest BCUT2D eigenvalue weighted by Crippen LogP contribution is 2.26. The quantitative estimate of drug-likeness (QED) is 0.876. The molecule has 3 nitrogen and oxygen atoms in total. The normalized spacial score (nSPS) is 23.7. The molecule has 1 aromatic rings. The smallest absolute Gasteiger partial charge is 0.241 e. The van der Waals surface area contributed by atoms with Crippen LogP contribution < -0.4 is 10.6 Å². The number of benzene rings is 1. The maximum Gasteiger partial charge on any atom is 0.241 e. The van der Waals surface area contributed by atoms with Crippen LogP contribution in [0.3, 0.4) is 0 Å². The minimum Gasteiger partial charge on any atom is -0.323 e. The molecule has 0 bridgehead atoms. The average Bonchev–Trinajstić information content (AvgIpc) is 2.32. The van der Waals surface area contributed by atoms with Gasteiger partial charge in [0.25, 0.3) is 0 Å². The number of rotatable bonds is 2. The second-order valence-electron chi connectivity index (χ2n) is 4.75. The molecule has 0 aromatic heterocycles. The van der Waals surface area contributed by atoms with E-state index >= 15 is 0 Å². The molecular formula is C13H16Cl2N2O. The Balaban J connectivity index is 2.02. The lowest BCUT2D eigenvalue weighted by Gasteiger charge is -2.27. The van der Waals surface area contributed by atoms with Gasteiger partial charge in [-0.3, -0.25) is 4.79 Å². The van der Waals surface area contributed by atoms with E-state index in [1.807, 2.05) is 0 Å². The summed E-state index contributed by atoms with van der Waals surface area (Å²) in [6.07, 6.45) is 1.97. The molecule has 2 unspecified atom stereocenters. The van der Waals surface area contributed by atoms with E-state index in [-0.39, 0.29) is 11.9 Å². The Bertz CT molecular complexity index is 451. The van der Waals surface area contributed by atoms with E-state index in [1.54, 1.807) is 18.2 Å². The minimum atomic E-state index is -0.138. The van der Waals surface area contributed by atoms with Crippen molar-refractivity contribution in [2.75, 3.05) is 11.9 Å². The number of halogens is 2. The summed E-state index contributed by atoms with van der Waals surface area (Å²) in [7, 11) is 0. The first-order valence-corrected chi connectivity index (χ1v) is 6.81. The lowest BCUT2D eigenvalue weighted by Crippen LogP contribution is -2.45. The van der Waals surface area contributed by atoms with Crippen LogP contribution in [0.15, 0.2) is 18.2 Å². The number of amides is 1. The molecule has 0 saturated carbocycles. The Labute approximate surface area is 117 Å². The Morgan fingerprint density at radius 1 is 1.44 bits per heavy atom. The second kappa shape index (κ2) is 5.91. The molecule has 1 aliphatic heterocycles. The van der Waals surface area contributed by atoms with Crippen LogP contribution in [0.5, 0.6) is 0 Å². The predicted molar refractivity (Wildman–Crippen MR) is 75.3 cm³/mol. The largest absolute Gasteiger partial charge is 0.323 e. The van der Waals surface area contributed by atoms with Gasteiger partial charge >= 0.3 is 0 Å². The van der Waals surface area contributed by atoms with Crippen molar-refractivity contribution in [1.29, 1.82) is 0 Å². The molecule has 0 radical (unpaired) electrons. The number of hydrogen-bond acceptors (Lipinski definition) is 2. The summed E-state index contributed by atoms with van der Waals surface area (Å²) < 4.78 is 0. The Morgan fingerprint density at radius 2 is 2.22 bits per heavy atom. The highest BCUT2D eigenvalue weighted by molar-refractivity contribution is 6.36. The lowest BCUT2D eigenvalue weighted by atomic mass is 9.94. The molecule has 0 spiro atoms. The number of piperidine rings is 1. The van der Waals surface area contributed by atoms with E-state index in [0.29, 0.717) is 21.7 Å². The molecule has 1 heterocycles. The molecule has 1 aliphatic rings. The lowest BCUT2D eigenvalue weighted by molar-refractivity contribution is -0.119. The molecule has 2 N–H and O–H groups in total. The second-order valence-corrected chi connectivity index (χ2v) is 5.59. The Hall–Kier alpha value is -0.770. The summed E-state index contributed by atoms with van der Waals surface area (Å²) in [5.74, 6) is 0.536. The molecule has 1 amide bonds. The van der Waals surface area contributed by atoms with Gasteiger partial charge in [0.2, 0.25) is 5.91 Å². The van der Waals surface area contributed by atoms with Gasteiger partial charge in [-0.05, 0) is 43.5 Å². The first-order valence-electron chi connectivity index (χ1n) is 6.05. The molecule has 2 atom stereocenters. The van der Waals surface area contributed by atoms with Crippen molar-refractivity contribution in [2.24, 2.45) is 5.92 Å². The van der Waals surface area contributed by atoms with Gasteiger partial charge in [-0.2, -0.15) is 0 Å². The molecule has 18 heavy (non-hydrogen) atoms. The van der Waals surface area contributed by atoms with Crippen LogP contribution in [-0.4, -0.2) is 18.5 Å². The van der Waals surface area contributed by atoms with E-state index in [2.05, 4.69) is 17.6 Å². The zero-order valence-corrected chi connectivity index (χ0v) is 11.7. The van der Waals surface area contributed by atoms with Crippen LogP contribution in [0, 0.1) is 5.92 Å². The van der Waals surface area contributed by atoms with Gasteiger partial charge in [-0.15, -0.1) is 0 Å². The van der Waals surface area contributed by atoms with Crippen molar-refractivity contribution in [3.8, 4) is 0 Å². The fourth-order valence-electron chi connectivity index (χ4n) is 2.12. The van der Waals surface area contributed by atoms with E-state index < -0.39 is 0 Å². The van der Waals surface area contributed by atoms with Gasteiger partial charge in [0, 0.05) is 5.02 Å². The van der Waals surface area contributed by atoms with Crippen LogP contribution in [-0.2, 0) is 4.79 Å². The van der Waals surface area contributed by atoms with Crippen molar-refractivity contribution in [1.82, 2.24) is 5.32 Å². The van der Waals surface area contributed by atoms with Gasteiger partial charge in [-0.25, -0.2) is 0 Å². The molecule has 98 valence electrons. The topological polar surface area (TPSA) is 41.1 Å². The highest BCUT2D eigenvalue weighted by atomic mass is 35.5. The zero-order chi connectivity index (χ0) is 13.1. The number of hydrogen-bond donors (Lipinski definition) is 2. The van der Waals surface area contributed by atoms with Gasteiger partial charge < -0.3 is 10.6 Å². The SMILES string of the molecule is CC1CCNC(C(=O)Nc2ccc(Cl)cc2Cl)C1. The zero-order valence-electron chi connectivity index (χ0n) is 10.2. The molecular weight excluding hydrogens is 271 g/mol. The summed E-state index contributed by atoms with van der Waals surface area (Å²) in [5, 5.41) is 7.07. The Kier molecular flexibility index (Phi) is 4.49. The minimum absolute atomic E-state index is 0.0363. The van der Waals surface area contributed by atoms with Crippen molar-refractivity contribution in [3.63, 3.8) is 0 Å². The third-order valence-electron chi connectivity index (χ3n) is 3.17. The van der Waals surface area contributed by atoms with Crippen molar-refractivity contribution >= 4 is 34.8 Å². The summed E-state index contributed by atoms with van der Waals surface area (Å²) in [6.45, 7) is 3.05. The summed E-state index contributed by atoms with van der Waals surface area (Å²) in [4.78, 5) is 12.1. The molecule has 5 heteroatoms. The number of carbonyl (C=O) groups excluding carboxylic acids is 1. The summed E-state index contributed by atoms with van der Waals surface area (Å²) in [6, 6.07) is 4.91. The molecule has 1 saturated heterocycles. The molecule has 1 aromatic carbocycles. The number of nitrogens with one attached hydrogen (secondary N) is 2. The number of anilines is 1. The first kappa shape index (κ1) is 13.7. The van der Waals surface area contributed by atoms with Crippen molar-refractivity contribution in [2.45, 2.75) is 25.8 Å². The third-order valence-corrected chi connectivity index (χ3v) is 3.72. The maximum atomic E-state index is 12.1. The fraction of sp³-hybridized carbons (Fsp3) is 0.462. The van der Waals surface area contributed by atoms with Gasteiger partial charge in [0.1, 0.15) is 0 Å². The van der Waals surface area contributed by atoms with E-state index in [1.165, 1.54) is 0 Å². The molecule has 1 fully saturated rings. The standard InChI is InChI=1S/C13H16Cl2N2O/c1-8-4-5-16-12(6-8)13(18)17-11-3-2-9(14)7-10(11)15/h2-3,7-8,12,16H,4-6H2,1H3,(H,17,18). The molecule has 0 aliphatic carbocycles. The average molecular weight is 287 g/mol. The van der Waals surface area contributed by atoms with Gasteiger partial charge in [0.15, 0.2) is 0 Å². The van der Waals surface area contributed by atoms with Crippen molar-refractivity contribution in [3.05, 3.63) is 28.2 Å². The van der Waals surface area contributed by atoms with Crippen LogP contribution in [0.4, 0.5) is 5.69 Å². The maximum absolute atomic E-state index is 12.1. The van der Waals surface area contributed by atoms with E-state index in [9.17, 15) is 4.79 Å². The first-order chi connectivity index (χ1) is 8.56. The highest BCUT2D eigenvalue weighted by Gasteiger charge is 2.24. The summed E-state index contributed by atoms with van der Waals surface area (Å²) >= 11 is 11.8. The third kappa shape index (κ3) is 3.37. The Morgan fingerprint density at radius 3 is 2.89 bits per heavy atom. The monoisotopic (exact) mass is 286 g/mol. The van der Waals surface area contributed by atoms with Crippen LogP contribution >= 0.6 is 23.2 Å². The van der Waals surface area contributed by atoms with Gasteiger partial charge in [0.05, 0.1) is 16.8 Å². The van der Waals surface area contributed by atoms with Crippen molar-refractivity contribution < 1.29 is 4.79 Å². The predicted octanol–water partition coefficient (Wildman–Crippen LogP) is 3.32. The summed E-state index contributed by atoms with van der Waals surface area (Å²) in [5.41, 5.74) is 0.603. The van der Waals surface area contributed by atoms with Crippen LogP contribution in [0.2, 0.25) is 10.0 Å².